The van der Waals surface area contributed by atoms with Gasteiger partial charge in [0.2, 0.25) is 0 Å². The molecule has 0 radical (unpaired) electrons. The molecule has 2 rings (SSSR count). The van der Waals surface area contributed by atoms with E-state index in [-0.39, 0.29) is 5.82 Å². The number of nitrogens with one attached hydrogen (secondary N) is 1. The van der Waals surface area contributed by atoms with Crippen molar-refractivity contribution >= 4 is 16.7 Å². The Kier molecular flexibility index (Phi) is 2.99. The van der Waals surface area contributed by atoms with E-state index >= 15 is 0 Å². The van der Waals surface area contributed by atoms with Crippen LogP contribution in [0, 0.1) is 11.7 Å². The summed E-state index contributed by atoms with van der Waals surface area (Å²) in [6.07, 6.45) is 1.49. The zero-order valence-corrected chi connectivity index (χ0v) is 9.37. The van der Waals surface area contributed by atoms with Crippen molar-refractivity contribution in [3.05, 3.63) is 30.3 Å². The Bertz CT molecular complexity index is 497. The molecule has 0 unspecified atom stereocenters. The largest absolute Gasteiger partial charge is 0.369 e. The first kappa shape index (κ1) is 10.8. The third kappa shape index (κ3) is 2.27. The predicted octanol–water partition coefficient (Wildman–Crippen LogP) is 2.84. The molecule has 0 aliphatic carbocycles. The summed E-state index contributed by atoms with van der Waals surface area (Å²) in [7, 11) is 0. The van der Waals surface area contributed by atoms with E-state index in [1.807, 2.05) is 0 Å². The average Bonchev–Trinajstić information content (AvgIpc) is 2.26. The van der Waals surface area contributed by atoms with Crippen LogP contribution in [-0.2, 0) is 0 Å². The van der Waals surface area contributed by atoms with Crippen LogP contribution in [0.3, 0.4) is 0 Å². The van der Waals surface area contributed by atoms with Gasteiger partial charge in [0.1, 0.15) is 18.0 Å². The molecule has 1 heterocycles. The number of anilines is 1. The van der Waals surface area contributed by atoms with E-state index in [4.69, 9.17) is 0 Å². The summed E-state index contributed by atoms with van der Waals surface area (Å²) in [4.78, 5) is 8.22. The summed E-state index contributed by atoms with van der Waals surface area (Å²) < 4.78 is 13.1. The van der Waals surface area contributed by atoms with Gasteiger partial charge in [-0.25, -0.2) is 14.4 Å². The van der Waals surface area contributed by atoms with Crippen molar-refractivity contribution in [1.29, 1.82) is 0 Å². The van der Waals surface area contributed by atoms with Crippen LogP contribution in [-0.4, -0.2) is 16.5 Å². The summed E-state index contributed by atoms with van der Waals surface area (Å²) in [6.45, 7) is 5.02. The normalized spacial score (nSPS) is 11.0. The molecular formula is C12H14FN3. The molecule has 0 spiro atoms. The maximum atomic E-state index is 13.1. The van der Waals surface area contributed by atoms with E-state index in [9.17, 15) is 4.39 Å². The number of hydrogen-bond donors (Lipinski definition) is 1. The maximum absolute atomic E-state index is 13.1. The molecule has 16 heavy (non-hydrogen) atoms. The average molecular weight is 219 g/mol. The highest BCUT2D eigenvalue weighted by Gasteiger charge is 2.04. The first-order valence-electron chi connectivity index (χ1n) is 5.31. The van der Waals surface area contributed by atoms with Gasteiger partial charge in [-0.15, -0.1) is 0 Å². The lowest BCUT2D eigenvalue weighted by molar-refractivity contribution is 0.629. The van der Waals surface area contributed by atoms with Crippen molar-refractivity contribution < 1.29 is 4.39 Å². The Hall–Kier alpha value is -1.71. The number of halogens is 1. The van der Waals surface area contributed by atoms with Crippen molar-refractivity contribution in [2.45, 2.75) is 13.8 Å². The fourth-order valence-electron chi connectivity index (χ4n) is 1.47. The van der Waals surface area contributed by atoms with E-state index in [0.29, 0.717) is 11.7 Å². The van der Waals surface area contributed by atoms with Crippen molar-refractivity contribution in [3.63, 3.8) is 0 Å². The van der Waals surface area contributed by atoms with Gasteiger partial charge >= 0.3 is 0 Å². The minimum Gasteiger partial charge on any atom is -0.369 e. The van der Waals surface area contributed by atoms with Crippen LogP contribution in [0.5, 0.6) is 0 Å². The molecule has 0 saturated carbocycles. The minimum absolute atomic E-state index is 0.269. The maximum Gasteiger partial charge on any atom is 0.137 e. The monoisotopic (exact) mass is 219 g/mol. The topological polar surface area (TPSA) is 37.8 Å². The second kappa shape index (κ2) is 4.43. The van der Waals surface area contributed by atoms with Crippen molar-refractivity contribution in [2.24, 2.45) is 5.92 Å². The molecule has 0 bridgehead atoms. The molecule has 84 valence electrons. The number of fused-ring (bicyclic) bond motifs is 1. The van der Waals surface area contributed by atoms with Gasteiger partial charge in [-0.05, 0) is 24.1 Å². The van der Waals surface area contributed by atoms with Crippen molar-refractivity contribution in [1.82, 2.24) is 9.97 Å². The van der Waals surface area contributed by atoms with Crippen LogP contribution in [0.15, 0.2) is 24.5 Å². The fourth-order valence-corrected chi connectivity index (χ4v) is 1.47. The van der Waals surface area contributed by atoms with Crippen molar-refractivity contribution in [3.8, 4) is 0 Å². The number of aromatic nitrogens is 2. The molecule has 0 amide bonds. The molecule has 0 aliphatic rings. The molecule has 2 aromatic rings. The highest BCUT2D eigenvalue weighted by molar-refractivity contribution is 5.88. The molecule has 3 nitrogen and oxygen atoms in total. The van der Waals surface area contributed by atoms with Gasteiger partial charge in [0.05, 0.1) is 5.52 Å². The number of hydrogen-bond acceptors (Lipinski definition) is 3. The van der Waals surface area contributed by atoms with Gasteiger partial charge in [0.15, 0.2) is 0 Å². The van der Waals surface area contributed by atoms with E-state index in [1.54, 1.807) is 6.07 Å². The van der Waals surface area contributed by atoms with Crippen LogP contribution in [0.4, 0.5) is 10.2 Å². The summed E-state index contributed by atoms with van der Waals surface area (Å²) in [5.74, 6) is 0.937. The van der Waals surface area contributed by atoms with Gasteiger partial charge in [-0.3, -0.25) is 0 Å². The second-order valence-electron chi connectivity index (χ2n) is 4.16. The number of rotatable bonds is 3. The fraction of sp³-hybridized carbons (Fsp3) is 0.333. The number of nitrogens with zero attached hydrogens (tertiary/aromatic N) is 2. The van der Waals surface area contributed by atoms with Crippen LogP contribution >= 0.6 is 0 Å². The highest BCUT2D eigenvalue weighted by atomic mass is 19.1. The van der Waals surface area contributed by atoms with Crippen LogP contribution < -0.4 is 5.32 Å². The molecule has 1 aromatic carbocycles. The lowest BCUT2D eigenvalue weighted by Gasteiger charge is -2.09. The van der Waals surface area contributed by atoms with E-state index < -0.39 is 0 Å². The molecule has 0 atom stereocenters. The zero-order chi connectivity index (χ0) is 11.5. The summed E-state index contributed by atoms with van der Waals surface area (Å²) in [6, 6.07) is 4.52. The first-order chi connectivity index (χ1) is 7.66. The number of benzene rings is 1. The Balaban J connectivity index is 2.40. The molecule has 1 N–H and O–H groups in total. The third-order valence-corrected chi connectivity index (χ3v) is 2.28. The highest BCUT2D eigenvalue weighted by Crippen LogP contribution is 2.20. The SMILES string of the molecule is CC(C)CNc1ncnc2ccc(F)cc12. The van der Waals surface area contributed by atoms with E-state index in [1.165, 1.54) is 18.5 Å². The lowest BCUT2D eigenvalue weighted by atomic mass is 10.2. The standard InChI is InChI=1S/C12H14FN3/c1-8(2)6-14-12-10-5-9(13)3-4-11(10)15-7-16-12/h3-5,7-8H,6H2,1-2H3,(H,14,15,16). The second-order valence-corrected chi connectivity index (χ2v) is 4.16. The van der Waals surface area contributed by atoms with Crippen LogP contribution in [0.2, 0.25) is 0 Å². The quantitative estimate of drug-likeness (QED) is 0.862. The summed E-state index contributed by atoms with van der Waals surface area (Å²) in [5, 5.41) is 3.92. The van der Waals surface area contributed by atoms with E-state index in [2.05, 4.69) is 29.1 Å². The Morgan fingerprint density at radius 2 is 2.12 bits per heavy atom. The van der Waals surface area contributed by atoms with Gasteiger partial charge in [-0.1, -0.05) is 13.8 Å². The van der Waals surface area contributed by atoms with Gasteiger partial charge < -0.3 is 5.32 Å². The molecule has 1 aromatic heterocycles. The summed E-state index contributed by atoms with van der Waals surface area (Å²) >= 11 is 0. The van der Waals surface area contributed by atoms with Crippen molar-refractivity contribution in [2.75, 3.05) is 11.9 Å². The lowest BCUT2D eigenvalue weighted by Crippen LogP contribution is -2.09. The first-order valence-corrected chi connectivity index (χ1v) is 5.31. The molecular weight excluding hydrogens is 205 g/mol. The van der Waals surface area contributed by atoms with Gasteiger partial charge in [-0.2, -0.15) is 0 Å². The molecule has 0 aliphatic heterocycles. The zero-order valence-electron chi connectivity index (χ0n) is 9.37. The van der Waals surface area contributed by atoms with Gasteiger partial charge in [0, 0.05) is 11.9 Å². The Labute approximate surface area is 93.7 Å². The van der Waals surface area contributed by atoms with Crippen LogP contribution in [0.25, 0.3) is 10.9 Å². The summed E-state index contributed by atoms with van der Waals surface area (Å²) in [5.41, 5.74) is 0.752. The van der Waals surface area contributed by atoms with Gasteiger partial charge in [0.25, 0.3) is 0 Å². The molecule has 0 saturated heterocycles. The molecule has 4 heteroatoms. The predicted molar refractivity (Wildman–Crippen MR) is 62.8 cm³/mol. The molecule has 0 fully saturated rings. The Morgan fingerprint density at radius 1 is 1.31 bits per heavy atom. The van der Waals surface area contributed by atoms with Crippen LogP contribution in [0.1, 0.15) is 13.8 Å². The minimum atomic E-state index is -0.269. The van der Waals surface area contributed by atoms with E-state index in [0.717, 1.165) is 17.4 Å². The Morgan fingerprint density at radius 3 is 2.88 bits per heavy atom. The third-order valence-electron chi connectivity index (χ3n) is 2.28. The smallest absolute Gasteiger partial charge is 0.137 e.